The maximum absolute atomic E-state index is 5.79. The van der Waals surface area contributed by atoms with Crippen molar-refractivity contribution in [2.24, 2.45) is 23.7 Å². The van der Waals surface area contributed by atoms with E-state index in [1.165, 1.54) is 38.5 Å². The van der Waals surface area contributed by atoms with Crippen LogP contribution in [0.1, 0.15) is 73.1 Å². The molecule has 1 nitrogen and oxygen atoms in total. The molecule has 1 rings (SSSR count). The van der Waals surface area contributed by atoms with E-state index in [0.717, 1.165) is 30.3 Å². The van der Waals surface area contributed by atoms with Crippen molar-refractivity contribution in [1.82, 2.24) is 0 Å². The third-order valence-corrected chi connectivity index (χ3v) is 4.85. The summed E-state index contributed by atoms with van der Waals surface area (Å²) in [7, 11) is 0. The summed E-state index contributed by atoms with van der Waals surface area (Å²) in [4.78, 5) is 0. The number of rotatable bonds is 8. The van der Waals surface area contributed by atoms with Gasteiger partial charge >= 0.3 is 0 Å². The zero-order chi connectivity index (χ0) is 13.5. The molecule has 18 heavy (non-hydrogen) atoms. The summed E-state index contributed by atoms with van der Waals surface area (Å²) in [6, 6.07) is 0. The van der Waals surface area contributed by atoms with Gasteiger partial charge in [-0.05, 0) is 42.9 Å². The molecule has 0 aromatic rings. The Morgan fingerprint density at radius 1 is 0.889 bits per heavy atom. The molecule has 0 aromatic carbocycles. The Labute approximate surface area is 115 Å². The first-order valence-electron chi connectivity index (χ1n) is 8.12. The Kier molecular flexibility index (Phi) is 7.29. The van der Waals surface area contributed by atoms with E-state index in [1.807, 2.05) is 0 Å². The van der Waals surface area contributed by atoms with Gasteiger partial charge in [-0.2, -0.15) is 0 Å². The molecule has 0 amide bonds. The highest BCUT2D eigenvalue weighted by Gasteiger charge is 2.23. The highest BCUT2D eigenvalue weighted by atomic mass is 16.5. The van der Waals surface area contributed by atoms with Crippen molar-refractivity contribution in [1.29, 1.82) is 0 Å². The van der Waals surface area contributed by atoms with Crippen molar-refractivity contribution in [3.8, 4) is 0 Å². The van der Waals surface area contributed by atoms with Crippen LogP contribution in [0.5, 0.6) is 0 Å². The molecule has 0 N–H and O–H groups in total. The van der Waals surface area contributed by atoms with Crippen molar-refractivity contribution in [3.05, 3.63) is 0 Å². The first-order valence-corrected chi connectivity index (χ1v) is 8.12. The molecule has 108 valence electrons. The second kappa shape index (κ2) is 8.19. The first kappa shape index (κ1) is 16.0. The lowest BCUT2D eigenvalue weighted by molar-refractivity contribution is 0.0629. The third kappa shape index (κ3) is 5.73. The van der Waals surface area contributed by atoms with Crippen LogP contribution in [-0.4, -0.2) is 12.7 Å². The predicted octanol–water partition coefficient (Wildman–Crippen LogP) is 5.29. The Balaban J connectivity index is 2.16. The van der Waals surface area contributed by atoms with Gasteiger partial charge in [0.2, 0.25) is 0 Å². The van der Waals surface area contributed by atoms with Crippen molar-refractivity contribution in [2.75, 3.05) is 6.61 Å². The van der Waals surface area contributed by atoms with Crippen LogP contribution in [-0.2, 0) is 4.74 Å². The van der Waals surface area contributed by atoms with Crippen LogP contribution < -0.4 is 0 Å². The lowest BCUT2D eigenvalue weighted by Gasteiger charge is -2.24. The molecule has 0 bridgehead atoms. The molecule has 0 aliphatic carbocycles. The summed E-state index contributed by atoms with van der Waals surface area (Å²) in [5, 5.41) is 0. The minimum absolute atomic E-state index is 0.558. The molecule has 0 aromatic heterocycles. The molecule has 0 saturated carbocycles. The van der Waals surface area contributed by atoms with Crippen LogP contribution in [0.3, 0.4) is 0 Å². The first-order chi connectivity index (χ1) is 8.50. The van der Waals surface area contributed by atoms with Gasteiger partial charge in [-0.3, -0.25) is 0 Å². The largest absolute Gasteiger partial charge is 0.378 e. The van der Waals surface area contributed by atoms with E-state index in [1.54, 1.807) is 0 Å². The van der Waals surface area contributed by atoms with Crippen LogP contribution >= 0.6 is 0 Å². The number of hydrogen-bond donors (Lipinski definition) is 0. The topological polar surface area (TPSA) is 9.23 Å². The zero-order valence-electron chi connectivity index (χ0n) is 13.2. The second-order valence-corrected chi connectivity index (χ2v) is 7.03. The molecular weight excluding hydrogens is 220 g/mol. The molecule has 1 aliphatic heterocycles. The van der Waals surface area contributed by atoms with Gasteiger partial charge in [-0.25, -0.2) is 0 Å². The van der Waals surface area contributed by atoms with Crippen LogP contribution in [0, 0.1) is 23.7 Å². The highest BCUT2D eigenvalue weighted by Crippen LogP contribution is 2.28. The molecule has 1 fully saturated rings. The molecule has 4 atom stereocenters. The SMILES string of the molecule is CC(C)CCC(C)C(C)CCC(C)C1CCCO1. The van der Waals surface area contributed by atoms with Gasteiger partial charge in [0.1, 0.15) is 0 Å². The number of ether oxygens (including phenoxy) is 1. The lowest BCUT2D eigenvalue weighted by atomic mass is 9.84. The summed E-state index contributed by atoms with van der Waals surface area (Å²) in [5.41, 5.74) is 0. The van der Waals surface area contributed by atoms with E-state index in [-0.39, 0.29) is 0 Å². The van der Waals surface area contributed by atoms with Crippen LogP contribution in [0.25, 0.3) is 0 Å². The molecule has 1 heteroatoms. The Bertz CT molecular complexity index is 206. The maximum atomic E-state index is 5.79. The predicted molar refractivity (Wildman–Crippen MR) is 79.8 cm³/mol. The molecule has 4 unspecified atom stereocenters. The fourth-order valence-electron chi connectivity index (χ4n) is 2.93. The second-order valence-electron chi connectivity index (χ2n) is 7.03. The van der Waals surface area contributed by atoms with E-state index >= 15 is 0 Å². The van der Waals surface area contributed by atoms with Gasteiger partial charge in [-0.1, -0.05) is 53.9 Å². The Hall–Kier alpha value is -0.0400. The van der Waals surface area contributed by atoms with Crippen LogP contribution in [0.4, 0.5) is 0 Å². The van der Waals surface area contributed by atoms with Gasteiger partial charge in [-0.15, -0.1) is 0 Å². The van der Waals surface area contributed by atoms with Gasteiger partial charge in [0, 0.05) is 6.61 Å². The highest BCUT2D eigenvalue weighted by molar-refractivity contribution is 4.73. The van der Waals surface area contributed by atoms with Crippen molar-refractivity contribution >= 4 is 0 Å². The van der Waals surface area contributed by atoms with Crippen molar-refractivity contribution in [3.63, 3.8) is 0 Å². The third-order valence-electron chi connectivity index (χ3n) is 4.85. The fourth-order valence-corrected chi connectivity index (χ4v) is 2.93. The fraction of sp³-hybridized carbons (Fsp3) is 1.00. The van der Waals surface area contributed by atoms with E-state index < -0.39 is 0 Å². The molecule has 1 aliphatic rings. The summed E-state index contributed by atoms with van der Waals surface area (Å²) in [5.74, 6) is 3.36. The van der Waals surface area contributed by atoms with Gasteiger partial charge in [0.25, 0.3) is 0 Å². The van der Waals surface area contributed by atoms with Crippen LogP contribution in [0.15, 0.2) is 0 Å². The Morgan fingerprint density at radius 3 is 2.00 bits per heavy atom. The minimum Gasteiger partial charge on any atom is -0.378 e. The molecular formula is C17H34O. The molecule has 1 heterocycles. The van der Waals surface area contributed by atoms with Crippen molar-refractivity contribution in [2.45, 2.75) is 79.2 Å². The summed E-state index contributed by atoms with van der Waals surface area (Å²) < 4.78 is 5.79. The van der Waals surface area contributed by atoms with E-state index in [2.05, 4.69) is 34.6 Å². The van der Waals surface area contributed by atoms with Crippen LogP contribution in [0.2, 0.25) is 0 Å². The standard InChI is InChI=1S/C17H34O/c1-13(2)8-9-14(3)15(4)10-11-16(5)17-7-6-12-18-17/h13-17H,6-12H2,1-5H3. The summed E-state index contributed by atoms with van der Waals surface area (Å²) in [6.07, 6.45) is 8.62. The molecule has 0 radical (unpaired) electrons. The summed E-state index contributed by atoms with van der Waals surface area (Å²) in [6.45, 7) is 12.9. The van der Waals surface area contributed by atoms with E-state index in [4.69, 9.17) is 4.74 Å². The summed E-state index contributed by atoms with van der Waals surface area (Å²) >= 11 is 0. The normalized spacial score (nSPS) is 25.3. The lowest BCUT2D eigenvalue weighted by Crippen LogP contribution is -2.18. The smallest absolute Gasteiger partial charge is 0.0601 e. The van der Waals surface area contributed by atoms with E-state index in [9.17, 15) is 0 Å². The average molecular weight is 254 g/mol. The Morgan fingerprint density at radius 2 is 1.50 bits per heavy atom. The zero-order valence-corrected chi connectivity index (χ0v) is 13.2. The van der Waals surface area contributed by atoms with E-state index in [0.29, 0.717) is 6.10 Å². The maximum Gasteiger partial charge on any atom is 0.0601 e. The quantitative estimate of drug-likeness (QED) is 0.572. The van der Waals surface area contributed by atoms with Gasteiger partial charge < -0.3 is 4.74 Å². The average Bonchev–Trinajstić information content (AvgIpc) is 2.86. The molecule has 1 saturated heterocycles. The van der Waals surface area contributed by atoms with Gasteiger partial charge in [0.05, 0.1) is 6.10 Å². The minimum atomic E-state index is 0.558. The van der Waals surface area contributed by atoms with Crippen molar-refractivity contribution < 1.29 is 4.74 Å². The monoisotopic (exact) mass is 254 g/mol. The van der Waals surface area contributed by atoms with Gasteiger partial charge in [0.15, 0.2) is 0 Å². The number of hydrogen-bond acceptors (Lipinski definition) is 1. The molecule has 0 spiro atoms.